The Morgan fingerprint density at radius 3 is 2.71 bits per heavy atom. The van der Waals surface area contributed by atoms with Crippen molar-refractivity contribution in [3.63, 3.8) is 0 Å². The second-order valence-electron chi connectivity index (χ2n) is 4.45. The molecule has 94 valence electrons. The van der Waals surface area contributed by atoms with E-state index in [1.54, 1.807) is 18.9 Å². The molecule has 4 heteroatoms. The molecule has 3 nitrogen and oxygen atoms in total. The second-order valence-corrected chi connectivity index (χ2v) is 4.45. The normalized spacial score (nSPS) is 12.3. The molecule has 1 rings (SSSR count). The lowest BCUT2D eigenvalue weighted by molar-refractivity contribution is 0.0791. The number of amides is 1. The number of carbonyl (C=O) groups excluding carboxylic acids is 1. The first-order valence-electron chi connectivity index (χ1n) is 5.69. The van der Waals surface area contributed by atoms with E-state index in [-0.39, 0.29) is 17.8 Å². The highest BCUT2D eigenvalue weighted by atomic mass is 19.1. The summed E-state index contributed by atoms with van der Waals surface area (Å²) in [5, 5.41) is 0. The van der Waals surface area contributed by atoms with Gasteiger partial charge in [0.25, 0.3) is 5.91 Å². The zero-order valence-corrected chi connectivity index (χ0v) is 10.5. The third-order valence-corrected chi connectivity index (χ3v) is 2.69. The Hall–Kier alpha value is -1.42. The fourth-order valence-electron chi connectivity index (χ4n) is 1.57. The van der Waals surface area contributed by atoms with Gasteiger partial charge in [0.1, 0.15) is 5.82 Å². The molecule has 0 saturated carbocycles. The summed E-state index contributed by atoms with van der Waals surface area (Å²) in [7, 11) is 1.73. The molecule has 1 aromatic rings. The maximum atomic E-state index is 12.9. The van der Waals surface area contributed by atoms with Crippen LogP contribution in [0.5, 0.6) is 0 Å². The zero-order chi connectivity index (χ0) is 13.0. The predicted octanol–water partition coefficient (Wildman–Crippen LogP) is 1.94. The predicted molar refractivity (Wildman–Crippen MR) is 66.4 cm³/mol. The van der Waals surface area contributed by atoms with Crippen LogP contribution in [0.4, 0.5) is 4.39 Å². The van der Waals surface area contributed by atoms with E-state index in [9.17, 15) is 9.18 Å². The lowest BCUT2D eigenvalue weighted by Gasteiger charge is -2.19. The molecular weight excluding hydrogens is 219 g/mol. The Balaban J connectivity index is 2.75. The molecule has 2 N–H and O–H groups in total. The van der Waals surface area contributed by atoms with Crippen molar-refractivity contribution >= 4 is 5.91 Å². The minimum absolute atomic E-state index is 0.0690. The fraction of sp³-hybridized carbons (Fsp3) is 0.462. The fourth-order valence-corrected chi connectivity index (χ4v) is 1.57. The number of nitrogens with two attached hydrogens (primary N) is 1. The molecule has 0 spiro atoms. The summed E-state index contributed by atoms with van der Waals surface area (Å²) < 4.78 is 12.9. The Kier molecular flexibility index (Phi) is 4.63. The van der Waals surface area contributed by atoms with Gasteiger partial charge in [0.2, 0.25) is 0 Å². The molecule has 1 atom stereocenters. The largest absolute Gasteiger partial charge is 0.342 e. The molecule has 0 saturated heterocycles. The van der Waals surface area contributed by atoms with Crippen LogP contribution in [0.15, 0.2) is 18.2 Å². The molecule has 0 bridgehead atoms. The van der Waals surface area contributed by atoms with Gasteiger partial charge in [-0.1, -0.05) is 0 Å². The average molecular weight is 238 g/mol. The average Bonchev–Trinajstić information content (AvgIpc) is 2.25. The SMILES string of the molecule is Cc1cc(F)ccc1C(=O)N(C)CCC(C)N. The van der Waals surface area contributed by atoms with Crippen molar-refractivity contribution in [1.29, 1.82) is 0 Å². The van der Waals surface area contributed by atoms with Gasteiger partial charge in [-0.15, -0.1) is 0 Å². The molecule has 1 aromatic carbocycles. The summed E-state index contributed by atoms with van der Waals surface area (Å²) in [6.45, 7) is 4.24. The Labute approximate surface area is 101 Å². The van der Waals surface area contributed by atoms with Crippen molar-refractivity contribution in [3.8, 4) is 0 Å². The summed E-state index contributed by atoms with van der Waals surface area (Å²) in [5.41, 5.74) is 6.84. The minimum Gasteiger partial charge on any atom is -0.342 e. The van der Waals surface area contributed by atoms with Crippen molar-refractivity contribution in [3.05, 3.63) is 35.1 Å². The maximum absolute atomic E-state index is 12.9. The van der Waals surface area contributed by atoms with Crippen LogP contribution in [-0.4, -0.2) is 30.4 Å². The first-order chi connectivity index (χ1) is 7.91. The van der Waals surface area contributed by atoms with Gasteiger partial charge in [-0.2, -0.15) is 0 Å². The lowest BCUT2D eigenvalue weighted by Crippen LogP contribution is -2.31. The van der Waals surface area contributed by atoms with Crippen LogP contribution in [0.1, 0.15) is 29.3 Å². The van der Waals surface area contributed by atoms with Crippen LogP contribution in [0.2, 0.25) is 0 Å². The zero-order valence-electron chi connectivity index (χ0n) is 10.5. The molecule has 0 radical (unpaired) electrons. The highest BCUT2D eigenvalue weighted by molar-refractivity contribution is 5.95. The quantitative estimate of drug-likeness (QED) is 0.871. The van der Waals surface area contributed by atoms with Gasteiger partial charge in [-0.3, -0.25) is 4.79 Å². The number of halogens is 1. The summed E-state index contributed by atoms with van der Waals surface area (Å²) >= 11 is 0. The van der Waals surface area contributed by atoms with E-state index in [0.717, 1.165) is 6.42 Å². The third kappa shape index (κ3) is 3.82. The van der Waals surface area contributed by atoms with Crippen molar-refractivity contribution in [2.75, 3.05) is 13.6 Å². The molecule has 0 aliphatic rings. The number of rotatable bonds is 4. The van der Waals surface area contributed by atoms with E-state index in [4.69, 9.17) is 5.73 Å². The molecule has 1 unspecified atom stereocenters. The van der Waals surface area contributed by atoms with E-state index in [2.05, 4.69) is 0 Å². The standard InChI is InChI=1S/C13H19FN2O/c1-9-8-11(14)4-5-12(9)13(17)16(3)7-6-10(2)15/h4-5,8,10H,6-7,15H2,1-3H3. The maximum Gasteiger partial charge on any atom is 0.253 e. The van der Waals surface area contributed by atoms with Crippen molar-refractivity contribution in [1.82, 2.24) is 4.90 Å². The summed E-state index contributed by atoms with van der Waals surface area (Å²) in [5.74, 6) is -0.416. The highest BCUT2D eigenvalue weighted by Gasteiger charge is 2.14. The molecule has 0 aliphatic carbocycles. The van der Waals surface area contributed by atoms with E-state index in [1.165, 1.54) is 18.2 Å². The van der Waals surface area contributed by atoms with E-state index in [0.29, 0.717) is 17.7 Å². The number of aryl methyl sites for hydroxylation is 1. The Morgan fingerprint density at radius 2 is 2.18 bits per heavy atom. The van der Waals surface area contributed by atoms with Crippen LogP contribution >= 0.6 is 0 Å². The van der Waals surface area contributed by atoms with Crippen molar-refractivity contribution < 1.29 is 9.18 Å². The molecular formula is C13H19FN2O. The molecule has 0 aliphatic heterocycles. The topological polar surface area (TPSA) is 46.3 Å². The Morgan fingerprint density at radius 1 is 1.53 bits per heavy atom. The molecule has 0 aromatic heterocycles. The van der Waals surface area contributed by atoms with Gasteiger partial charge in [0.15, 0.2) is 0 Å². The van der Waals surface area contributed by atoms with Crippen molar-refractivity contribution in [2.24, 2.45) is 5.73 Å². The van der Waals surface area contributed by atoms with E-state index in [1.807, 2.05) is 6.92 Å². The van der Waals surface area contributed by atoms with Gasteiger partial charge in [-0.05, 0) is 44.0 Å². The van der Waals surface area contributed by atoms with Gasteiger partial charge in [-0.25, -0.2) is 4.39 Å². The number of hydrogen-bond acceptors (Lipinski definition) is 2. The number of carbonyl (C=O) groups is 1. The first kappa shape index (κ1) is 13.6. The molecule has 0 fully saturated rings. The second kappa shape index (κ2) is 5.77. The van der Waals surface area contributed by atoms with Gasteiger partial charge >= 0.3 is 0 Å². The lowest BCUT2D eigenvalue weighted by atomic mass is 10.1. The Bertz CT molecular complexity index is 404. The van der Waals surface area contributed by atoms with Crippen LogP contribution in [0.3, 0.4) is 0 Å². The van der Waals surface area contributed by atoms with Gasteiger partial charge in [0, 0.05) is 25.2 Å². The summed E-state index contributed by atoms with van der Waals surface area (Å²) in [6, 6.07) is 4.27. The van der Waals surface area contributed by atoms with Crippen molar-refractivity contribution in [2.45, 2.75) is 26.3 Å². The van der Waals surface area contributed by atoms with Crippen LogP contribution in [0.25, 0.3) is 0 Å². The number of hydrogen-bond donors (Lipinski definition) is 1. The number of nitrogens with zero attached hydrogens (tertiary/aromatic N) is 1. The molecule has 17 heavy (non-hydrogen) atoms. The van der Waals surface area contributed by atoms with Crippen LogP contribution < -0.4 is 5.73 Å². The monoisotopic (exact) mass is 238 g/mol. The summed E-state index contributed by atoms with van der Waals surface area (Å²) in [6.07, 6.45) is 0.752. The third-order valence-electron chi connectivity index (χ3n) is 2.69. The number of benzene rings is 1. The van der Waals surface area contributed by atoms with Crippen LogP contribution in [0, 0.1) is 12.7 Å². The van der Waals surface area contributed by atoms with Gasteiger partial charge in [0.05, 0.1) is 0 Å². The minimum atomic E-state index is -0.322. The van der Waals surface area contributed by atoms with Crippen LogP contribution in [-0.2, 0) is 0 Å². The highest BCUT2D eigenvalue weighted by Crippen LogP contribution is 2.12. The van der Waals surface area contributed by atoms with E-state index < -0.39 is 0 Å². The van der Waals surface area contributed by atoms with Gasteiger partial charge < -0.3 is 10.6 Å². The smallest absolute Gasteiger partial charge is 0.253 e. The molecule has 1 amide bonds. The molecule has 0 heterocycles. The summed E-state index contributed by atoms with van der Waals surface area (Å²) in [4.78, 5) is 13.7. The first-order valence-corrected chi connectivity index (χ1v) is 5.69. The van der Waals surface area contributed by atoms with E-state index >= 15 is 0 Å².